The number of hydrogen-bond acceptors (Lipinski definition) is 12. The number of fused-ring (bicyclic) bond motifs is 2. The van der Waals surface area contributed by atoms with E-state index in [0.29, 0.717) is 41.2 Å². The molecule has 3 atom stereocenters. The van der Waals surface area contributed by atoms with E-state index in [0.717, 1.165) is 66.0 Å². The maximum absolute atomic E-state index is 12.6. The van der Waals surface area contributed by atoms with E-state index in [-0.39, 0.29) is 30.1 Å². The number of aliphatic hydroxyl groups is 1. The molecule has 2 saturated heterocycles. The predicted octanol–water partition coefficient (Wildman–Crippen LogP) is 3.51. The fourth-order valence-corrected chi connectivity index (χ4v) is 7.44. The molecule has 53 heavy (non-hydrogen) atoms. The van der Waals surface area contributed by atoms with Crippen LogP contribution in [-0.2, 0) is 26.2 Å². The molecule has 278 valence electrons. The van der Waals surface area contributed by atoms with Gasteiger partial charge in [-0.05, 0) is 67.7 Å². The number of carbonyl (C=O) groups excluding carboxylic acids is 3. The van der Waals surface area contributed by atoms with Crippen molar-refractivity contribution in [2.75, 3.05) is 67.4 Å². The third kappa shape index (κ3) is 7.44. The van der Waals surface area contributed by atoms with E-state index in [1.54, 1.807) is 24.2 Å². The highest BCUT2D eigenvalue weighted by Gasteiger charge is 2.32. The largest absolute Gasteiger partial charge is 0.483 e. The Hall–Kier alpha value is -5.41. The molecule has 4 aromatic rings. The molecule has 0 bridgehead atoms. The Kier molecular flexibility index (Phi) is 10.1. The van der Waals surface area contributed by atoms with Crippen molar-refractivity contribution in [1.82, 2.24) is 30.4 Å². The molecule has 2 aromatic heterocycles. The van der Waals surface area contributed by atoms with Gasteiger partial charge in [-0.25, -0.2) is 4.98 Å². The van der Waals surface area contributed by atoms with Crippen LogP contribution in [0.2, 0.25) is 5.02 Å². The van der Waals surface area contributed by atoms with Crippen molar-refractivity contribution in [1.29, 1.82) is 0 Å². The summed E-state index contributed by atoms with van der Waals surface area (Å²) in [7, 11) is 7.25. The van der Waals surface area contributed by atoms with Crippen LogP contribution in [0.25, 0.3) is 17.0 Å². The number of nitrogens with zero attached hydrogens (tertiary/aromatic N) is 7. The number of anilines is 5. The van der Waals surface area contributed by atoms with Gasteiger partial charge in [0, 0.05) is 82.3 Å². The summed E-state index contributed by atoms with van der Waals surface area (Å²) in [6.45, 7) is 2.21. The second kappa shape index (κ2) is 14.9. The zero-order valence-electron chi connectivity index (χ0n) is 30.1. The Bertz CT molecular complexity index is 2100. The van der Waals surface area contributed by atoms with Gasteiger partial charge in [-0.2, -0.15) is 10.1 Å². The molecule has 2 aromatic carbocycles. The number of benzene rings is 2. The Morgan fingerprint density at radius 2 is 2.00 bits per heavy atom. The standard InChI is InChI=1S/C37H43ClN10O5/c1-39-32(50)20-53-30-15-22-14-23(7-11-28(22)46(3)36(30)52)41-34-27(38)17-40-37(43-34)48-13-5-6-21(19-48)18-45(2)24-8-9-25-29(16-24)47(4)44-33(25)26-10-12-31(49)42-35(26)51/h7-9,11,14-17,21,26,36,52H,5-6,10,12-13,18-20H2,1-4H3,(H,39,50)(H,40,41,43)(H,42,49,51)/t21-,26?,36?/m1/s1. The number of hydrogen-bond donors (Lipinski definition) is 4. The first-order valence-corrected chi connectivity index (χ1v) is 18.0. The fraction of sp³-hybridized carbons (Fsp3) is 0.405. The Labute approximate surface area is 311 Å². The second-order valence-corrected chi connectivity index (χ2v) is 14.2. The molecular weight excluding hydrogens is 700 g/mol. The quantitative estimate of drug-likeness (QED) is 0.175. The number of piperidine rings is 2. The first-order valence-electron chi connectivity index (χ1n) is 17.6. The van der Waals surface area contributed by atoms with Crippen LogP contribution in [0, 0.1) is 5.92 Å². The average molecular weight is 743 g/mol. The molecular formula is C37H43ClN10O5. The first-order chi connectivity index (χ1) is 25.5. The predicted molar refractivity (Wildman–Crippen MR) is 203 cm³/mol. The van der Waals surface area contributed by atoms with Crippen molar-refractivity contribution >= 4 is 75.1 Å². The number of likely N-dealkylation sites (N-methyl/N-ethyl adjacent to an activating group) is 2. The van der Waals surface area contributed by atoms with Gasteiger partial charge in [0.25, 0.3) is 5.91 Å². The van der Waals surface area contributed by atoms with E-state index in [4.69, 9.17) is 26.4 Å². The molecule has 3 aliphatic heterocycles. The third-order valence-electron chi connectivity index (χ3n) is 10.2. The van der Waals surface area contributed by atoms with Crippen LogP contribution < -0.4 is 30.7 Å². The summed E-state index contributed by atoms with van der Waals surface area (Å²) in [5.41, 5.74) is 5.01. The third-order valence-corrected chi connectivity index (χ3v) is 10.5. The van der Waals surface area contributed by atoms with Crippen LogP contribution in [0.3, 0.4) is 0 Å². The number of imide groups is 1. The number of amides is 3. The molecule has 2 unspecified atom stereocenters. The number of halogens is 1. The van der Waals surface area contributed by atoms with Crippen LogP contribution in [-0.4, -0.2) is 96.2 Å². The highest BCUT2D eigenvalue weighted by molar-refractivity contribution is 6.32. The number of aryl methyl sites for hydroxylation is 1. The molecule has 15 nitrogen and oxygen atoms in total. The molecule has 2 fully saturated rings. The minimum atomic E-state index is -1.03. The lowest BCUT2D eigenvalue weighted by Crippen LogP contribution is -2.41. The van der Waals surface area contributed by atoms with E-state index in [9.17, 15) is 19.5 Å². The summed E-state index contributed by atoms with van der Waals surface area (Å²) in [6, 6.07) is 11.9. The maximum Gasteiger partial charge on any atom is 0.257 e. The number of rotatable bonds is 10. The molecule has 0 radical (unpaired) electrons. The summed E-state index contributed by atoms with van der Waals surface area (Å²) in [6.07, 6.45) is 5.13. The van der Waals surface area contributed by atoms with E-state index in [1.165, 1.54) is 7.05 Å². The Morgan fingerprint density at radius 1 is 1.17 bits per heavy atom. The van der Waals surface area contributed by atoms with Crippen LogP contribution in [0.15, 0.2) is 48.4 Å². The second-order valence-electron chi connectivity index (χ2n) is 13.8. The van der Waals surface area contributed by atoms with Gasteiger partial charge in [0.2, 0.25) is 17.8 Å². The molecule has 4 N–H and O–H groups in total. The molecule has 7 rings (SSSR count). The summed E-state index contributed by atoms with van der Waals surface area (Å²) < 4.78 is 7.41. The van der Waals surface area contributed by atoms with Crippen molar-refractivity contribution in [3.05, 3.63) is 64.6 Å². The molecule has 3 aliphatic rings. The number of aromatic nitrogens is 4. The number of ether oxygens (including phenoxy) is 1. The first kappa shape index (κ1) is 36.0. The van der Waals surface area contributed by atoms with Crippen LogP contribution in [0.5, 0.6) is 0 Å². The van der Waals surface area contributed by atoms with Crippen molar-refractivity contribution in [3.63, 3.8) is 0 Å². The summed E-state index contributed by atoms with van der Waals surface area (Å²) >= 11 is 6.59. The Morgan fingerprint density at radius 3 is 2.79 bits per heavy atom. The van der Waals surface area contributed by atoms with Crippen molar-refractivity contribution in [3.8, 4) is 0 Å². The molecule has 5 heterocycles. The van der Waals surface area contributed by atoms with E-state index in [2.05, 4.69) is 49.9 Å². The number of carbonyl (C=O) groups is 3. The number of nitrogens with one attached hydrogen (secondary N) is 3. The fourth-order valence-electron chi connectivity index (χ4n) is 7.30. The highest BCUT2D eigenvalue weighted by atomic mass is 35.5. The van der Waals surface area contributed by atoms with Crippen LogP contribution >= 0.6 is 11.6 Å². The smallest absolute Gasteiger partial charge is 0.257 e. The van der Waals surface area contributed by atoms with Crippen LogP contribution in [0.4, 0.5) is 28.8 Å². The zero-order valence-corrected chi connectivity index (χ0v) is 30.9. The van der Waals surface area contributed by atoms with Crippen molar-refractivity contribution < 1.29 is 24.2 Å². The molecule has 16 heteroatoms. The van der Waals surface area contributed by atoms with Gasteiger partial charge in [-0.3, -0.25) is 24.4 Å². The van der Waals surface area contributed by atoms with Gasteiger partial charge in [0.15, 0.2) is 18.7 Å². The summed E-state index contributed by atoms with van der Waals surface area (Å²) in [5, 5.41) is 25.0. The van der Waals surface area contributed by atoms with E-state index in [1.807, 2.05) is 36.0 Å². The zero-order chi connectivity index (χ0) is 37.4. The lowest BCUT2D eigenvalue weighted by atomic mass is 9.92. The van der Waals surface area contributed by atoms with Crippen molar-refractivity contribution in [2.24, 2.45) is 13.0 Å². The average Bonchev–Trinajstić information content (AvgIpc) is 3.48. The van der Waals surface area contributed by atoms with Gasteiger partial charge >= 0.3 is 0 Å². The van der Waals surface area contributed by atoms with Gasteiger partial charge in [0.1, 0.15) is 10.8 Å². The monoisotopic (exact) mass is 742 g/mol. The van der Waals surface area contributed by atoms with E-state index < -0.39 is 12.1 Å². The molecule has 0 aliphatic carbocycles. The minimum Gasteiger partial charge on any atom is -0.483 e. The minimum absolute atomic E-state index is 0.205. The number of aliphatic hydroxyl groups excluding tert-OH is 1. The Balaban J connectivity index is 1.03. The SMILES string of the molecule is CNC(=O)COC1=Cc2cc(Nc3nc(N4CCC[C@H](CN(C)c5ccc6c(C7CCC(=O)NC7=O)nn(C)c6c5)C4)ncc3Cl)ccc2N(C)C1O. The summed E-state index contributed by atoms with van der Waals surface area (Å²) in [5.74, 6) is 0.418. The lowest BCUT2D eigenvalue weighted by molar-refractivity contribution is -0.134. The summed E-state index contributed by atoms with van der Waals surface area (Å²) in [4.78, 5) is 51.6. The van der Waals surface area contributed by atoms with Gasteiger partial charge in [-0.1, -0.05) is 11.6 Å². The highest BCUT2D eigenvalue weighted by Crippen LogP contribution is 2.36. The molecule has 0 spiro atoms. The molecule has 0 saturated carbocycles. The lowest BCUT2D eigenvalue weighted by Gasteiger charge is -2.35. The normalized spacial score (nSPS) is 20.1. The molecule has 3 amide bonds. The van der Waals surface area contributed by atoms with Gasteiger partial charge in [-0.15, -0.1) is 0 Å². The van der Waals surface area contributed by atoms with Gasteiger partial charge < -0.3 is 35.2 Å². The topological polar surface area (TPSA) is 170 Å². The maximum atomic E-state index is 12.6. The van der Waals surface area contributed by atoms with Gasteiger partial charge in [0.05, 0.1) is 23.3 Å². The van der Waals surface area contributed by atoms with Crippen molar-refractivity contribution in [2.45, 2.75) is 37.8 Å². The van der Waals surface area contributed by atoms with Crippen LogP contribution in [0.1, 0.15) is 42.9 Å². The van der Waals surface area contributed by atoms with E-state index >= 15 is 0 Å².